The van der Waals surface area contributed by atoms with E-state index in [9.17, 15) is 0 Å². The van der Waals surface area contributed by atoms with E-state index in [1.54, 1.807) is 0 Å². The molecule has 96 valence electrons. The molecule has 1 aliphatic rings. The fourth-order valence-corrected chi connectivity index (χ4v) is 4.06. The molecular formula is C12H20BrN3S. The lowest BCUT2D eigenvalue weighted by Gasteiger charge is -2.37. The number of likely N-dealkylation sites (N-methyl/N-ethyl adjacent to an activating group) is 1. The Morgan fingerprint density at radius 3 is 2.71 bits per heavy atom. The summed E-state index contributed by atoms with van der Waals surface area (Å²) in [5.41, 5.74) is 0. The summed E-state index contributed by atoms with van der Waals surface area (Å²) in [6.45, 7) is 6.82. The molecule has 0 saturated carbocycles. The Morgan fingerprint density at radius 1 is 1.47 bits per heavy atom. The number of rotatable bonds is 4. The smallest absolute Gasteiger partial charge is 0.0568 e. The highest BCUT2D eigenvalue weighted by atomic mass is 79.9. The van der Waals surface area contributed by atoms with Gasteiger partial charge in [0, 0.05) is 47.0 Å². The Bertz CT molecular complexity index is 349. The van der Waals surface area contributed by atoms with E-state index in [4.69, 9.17) is 0 Å². The summed E-state index contributed by atoms with van der Waals surface area (Å²) in [6, 6.07) is 3.18. The van der Waals surface area contributed by atoms with Crippen LogP contribution >= 0.6 is 27.3 Å². The minimum absolute atomic E-state index is 0.421. The molecule has 1 saturated heterocycles. The maximum absolute atomic E-state index is 3.53. The van der Waals surface area contributed by atoms with E-state index >= 15 is 0 Å². The Labute approximate surface area is 116 Å². The molecule has 2 N–H and O–H groups in total. The highest BCUT2D eigenvalue weighted by Crippen LogP contribution is 2.29. The number of halogens is 1. The summed E-state index contributed by atoms with van der Waals surface area (Å²) in [6.07, 6.45) is 0. The first kappa shape index (κ1) is 13.5. The largest absolute Gasteiger partial charge is 0.314 e. The first-order chi connectivity index (χ1) is 8.22. The van der Waals surface area contributed by atoms with Crippen LogP contribution in [0.2, 0.25) is 0 Å². The lowest BCUT2D eigenvalue weighted by molar-refractivity contribution is 0.154. The van der Waals surface area contributed by atoms with Gasteiger partial charge in [-0.15, -0.1) is 11.3 Å². The van der Waals surface area contributed by atoms with Crippen molar-refractivity contribution in [3.63, 3.8) is 0 Å². The predicted octanol–water partition coefficient (Wildman–Crippen LogP) is 2.06. The van der Waals surface area contributed by atoms with Gasteiger partial charge in [0.2, 0.25) is 0 Å². The molecule has 0 bridgehead atoms. The molecule has 2 unspecified atom stereocenters. The molecule has 5 heteroatoms. The van der Waals surface area contributed by atoms with Gasteiger partial charge in [0.05, 0.1) is 6.04 Å². The van der Waals surface area contributed by atoms with Crippen molar-refractivity contribution in [1.29, 1.82) is 0 Å². The number of hydrogen-bond acceptors (Lipinski definition) is 4. The fraction of sp³-hybridized carbons (Fsp3) is 0.667. The Morgan fingerprint density at radius 2 is 2.18 bits per heavy atom. The fourth-order valence-electron chi connectivity index (χ4n) is 2.41. The molecule has 1 aromatic rings. The summed E-state index contributed by atoms with van der Waals surface area (Å²) < 4.78 is 1.19. The van der Waals surface area contributed by atoms with Crippen LogP contribution in [0.3, 0.4) is 0 Å². The average molecular weight is 318 g/mol. The van der Waals surface area contributed by atoms with E-state index in [2.05, 4.69) is 56.9 Å². The molecule has 2 rings (SSSR count). The summed E-state index contributed by atoms with van der Waals surface area (Å²) >= 11 is 5.36. The van der Waals surface area contributed by atoms with Crippen molar-refractivity contribution in [2.75, 3.05) is 33.2 Å². The van der Waals surface area contributed by atoms with Gasteiger partial charge in [-0.05, 0) is 36.0 Å². The Balaban J connectivity index is 2.06. The van der Waals surface area contributed by atoms with Gasteiger partial charge in [-0.25, -0.2) is 0 Å². The Kier molecular flexibility index (Phi) is 4.99. The lowest BCUT2D eigenvalue weighted by Crippen LogP contribution is -2.50. The SMILES string of the molecule is CNC(c1cc(Br)cs1)C(C)N1CCNCC1. The zero-order valence-corrected chi connectivity index (χ0v) is 12.8. The Hall–Kier alpha value is 0.0600. The number of piperazine rings is 1. The first-order valence-corrected chi connectivity index (χ1v) is 7.75. The number of nitrogens with zero attached hydrogens (tertiary/aromatic N) is 1. The average Bonchev–Trinajstić information content (AvgIpc) is 2.78. The lowest BCUT2D eigenvalue weighted by atomic mass is 10.1. The van der Waals surface area contributed by atoms with Gasteiger partial charge in [0.1, 0.15) is 0 Å². The third-order valence-electron chi connectivity index (χ3n) is 3.42. The van der Waals surface area contributed by atoms with Crippen LogP contribution in [0.15, 0.2) is 15.9 Å². The van der Waals surface area contributed by atoms with Crippen molar-refractivity contribution < 1.29 is 0 Å². The van der Waals surface area contributed by atoms with Crippen LogP contribution < -0.4 is 10.6 Å². The van der Waals surface area contributed by atoms with E-state index < -0.39 is 0 Å². The quantitative estimate of drug-likeness (QED) is 0.890. The summed E-state index contributed by atoms with van der Waals surface area (Å²) in [5.74, 6) is 0. The molecule has 0 radical (unpaired) electrons. The molecule has 2 heterocycles. The van der Waals surface area contributed by atoms with Gasteiger partial charge in [0.15, 0.2) is 0 Å². The summed E-state index contributed by atoms with van der Waals surface area (Å²) in [4.78, 5) is 3.97. The molecule has 0 aliphatic carbocycles. The minimum atomic E-state index is 0.421. The van der Waals surface area contributed by atoms with Gasteiger partial charge < -0.3 is 10.6 Å². The van der Waals surface area contributed by atoms with Crippen molar-refractivity contribution in [2.45, 2.75) is 19.0 Å². The molecule has 17 heavy (non-hydrogen) atoms. The van der Waals surface area contributed by atoms with Crippen LogP contribution in [0, 0.1) is 0 Å². The van der Waals surface area contributed by atoms with Crippen LogP contribution in [0.4, 0.5) is 0 Å². The second-order valence-corrected chi connectivity index (χ2v) is 6.32. The van der Waals surface area contributed by atoms with E-state index in [-0.39, 0.29) is 0 Å². The highest BCUT2D eigenvalue weighted by molar-refractivity contribution is 9.10. The maximum atomic E-state index is 3.53. The van der Waals surface area contributed by atoms with Gasteiger partial charge in [0.25, 0.3) is 0 Å². The third kappa shape index (κ3) is 3.29. The van der Waals surface area contributed by atoms with Crippen molar-refractivity contribution in [3.8, 4) is 0 Å². The molecule has 1 aromatic heterocycles. The van der Waals surface area contributed by atoms with E-state index in [0.717, 1.165) is 26.2 Å². The molecule has 1 aliphatic heterocycles. The van der Waals surface area contributed by atoms with Crippen molar-refractivity contribution in [3.05, 3.63) is 20.8 Å². The van der Waals surface area contributed by atoms with E-state index in [1.807, 2.05) is 11.3 Å². The standard InChI is InChI=1S/C12H20BrN3S/c1-9(16-5-3-15-4-6-16)12(14-2)11-7-10(13)8-17-11/h7-9,12,14-15H,3-6H2,1-2H3. The van der Waals surface area contributed by atoms with Gasteiger partial charge in [-0.2, -0.15) is 0 Å². The maximum Gasteiger partial charge on any atom is 0.0568 e. The van der Waals surface area contributed by atoms with E-state index in [1.165, 1.54) is 9.35 Å². The zero-order valence-electron chi connectivity index (χ0n) is 10.4. The second kappa shape index (κ2) is 6.29. The molecule has 2 atom stereocenters. The first-order valence-electron chi connectivity index (χ1n) is 6.08. The summed E-state index contributed by atoms with van der Waals surface area (Å²) in [7, 11) is 2.05. The van der Waals surface area contributed by atoms with Crippen LogP contribution in [0.25, 0.3) is 0 Å². The molecule has 0 spiro atoms. The number of hydrogen-bond donors (Lipinski definition) is 2. The third-order valence-corrected chi connectivity index (χ3v) is 5.19. The van der Waals surface area contributed by atoms with Gasteiger partial charge in [-0.1, -0.05) is 0 Å². The van der Waals surface area contributed by atoms with E-state index in [0.29, 0.717) is 12.1 Å². The normalized spacial score (nSPS) is 21.4. The van der Waals surface area contributed by atoms with Crippen LogP contribution in [-0.2, 0) is 0 Å². The van der Waals surface area contributed by atoms with Crippen molar-refractivity contribution in [1.82, 2.24) is 15.5 Å². The van der Waals surface area contributed by atoms with Crippen molar-refractivity contribution in [2.24, 2.45) is 0 Å². The predicted molar refractivity (Wildman–Crippen MR) is 77.7 cm³/mol. The van der Waals surface area contributed by atoms with Crippen LogP contribution in [0.1, 0.15) is 17.8 Å². The van der Waals surface area contributed by atoms with Crippen molar-refractivity contribution >= 4 is 27.3 Å². The molecular weight excluding hydrogens is 298 g/mol. The monoisotopic (exact) mass is 317 g/mol. The van der Waals surface area contributed by atoms with Gasteiger partial charge >= 0.3 is 0 Å². The highest BCUT2D eigenvalue weighted by Gasteiger charge is 2.25. The second-order valence-electron chi connectivity index (χ2n) is 4.46. The molecule has 0 aromatic carbocycles. The van der Waals surface area contributed by atoms with Gasteiger partial charge in [-0.3, -0.25) is 4.90 Å². The number of thiophene rings is 1. The number of nitrogens with one attached hydrogen (secondary N) is 2. The zero-order chi connectivity index (χ0) is 12.3. The topological polar surface area (TPSA) is 27.3 Å². The molecule has 1 fully saturated rings. The summed E-state index contributed by atoms with van der Waals surface area (Å²) in [5, 5.41) is 9.02. The van der Waals surface area contributed by atoms with Crippen LogP contribution in [0.5, 0.6) is 0 Å². The molecule has 0 amide bonds. The molecule has 3 nitrogen and oxygen atoms in total. The minimum Gasteiger partial charge on any atom is -0.314 e. The van der Waals surface area contributed by atoms with Crippen LogP contribution in [-0.4, -0.2) is 44.2 Å².